The SMILES string of the molecule is CCOc1ccc2cc3c(nc2c1)OC(=O)N(Cc1cc(OC)c(OC)c(OC)c1)C3. The monoisotopic (exact) mass is 424 g/mol. The number of hydrogen-bond donors (Lipinski definition) is 0. The van der Waals surface area contributed by atoms with Crippen LogP contribution < -0.4 is 23.7 Å². The summed E-state index contributed by atoms with van der Waals surface area (Å²) < 4.78 is 27.2. The van der Waals surface area contributed by atoms with Crippen LogP contribution >= 0.6 is 0 Å². The van der Waals surface area contributed by atoms with E-state index in [1.54, 1.807) is 26.2 Å². The third kappa shape index (κ3) is 4.01. The molecule has 2 aromatic carbocycles. The molecule has 3 aromatic rings. The largest absolute Gasteiger partial charge is 0.494 e. The average molecular weight is 424 g/mol. The maximum atomic E-state index is 12.7. The van der Waals surface area contributed by atoms with Gasteiger partial charge in [-0.1, -0.05) is 0 Å². The van der Waals surface area contributed by atoms with Gasteiger partial charge in [0, 0.05) is 23.6 Å². The Labute approximate surface area is 180 Å². The zero-order chi connectivity index (χ0) is 22.0. The summed E-state index contributed by atoms with van der Waals surface area (Å²) in [5.74, 6) is 2.61. The first kappa shape index (κ1) is 20.6. The Hall–Kier alpha value is -3.68. The van der Waals surface area contributed by atoms with Crippen LogP contribution in [0.3, 0.4) is 0 Å². The molecule has 0 radical (unpaired) electrons. The van der Waals surface area contributed by atoms with Crippen molar-refractivity contribution < 1.29 is 28.5 Å². The Kier molecular flexibility index (Phi) is 5.70. The van der Waals surface area contributed by atoms with Gasteiger partial charge in [-0.05, 0) is 42.8 Å². The summed E-state index contributed by atoms with van der Waals surface area (Å²) >= 11 is 0. The second-order valence-corrected chi connectivity index (χ2v) is 7.00. The van der Waals surface area contributed by atoms with Gasteiger partial charge in [0.15, 0.2) is 11.5 Å². The average Bonchev–Trinajstić information content (AvgIpc) is 2.78. The van der Waals surface area contributed by atoms with E-state index in [2.05, 4.69) is 4.98 Å². The number of carbonyl (C=O) groups excluding carboxylic acids is 1. The molecule has 0 bridgehead atoms. The number of carbonyl (C=O) groups is 1. The van der Waals surface area contributed by atoms with E-state index >= 15 is 0 Å². The fraction of sp³-hybridized carbons (Fsp3) is 0.304. The van der Waals surface area contributed by atoms with Gasteiger partial charge in [0.25, 0.3) is 0 Å². The van der Waals surface area contributed by atoms with Crippen molar-refractivity contribution in [2.45, 2.75) is 20.0 Å². The lowest BCUT2D eigenvalue weighted by Gasteiger charge is -2.28. The standard InChI is InChI=1S/C23H24N2O6/c1-5-30-17-7-6-15-10-16-13-25(23(26)31-22(16)24-18(15)11-17)12-14-8-19(27-2)21(29-4)20(9-14)28-3/h6-11H,5,12-13H2,1-4H3. The first-order valence-corrected chi connectivity index (χ1v) is 9.88. The molecule has 162 valence electrons. The van der Waals surface area contributed by atoms with Crippen LogP contribution in [0.5, 0.6) is 28.9 Å². The van der Waals surface area contributed by atoms with Crippen LogP contribution in [0.2, 0.25) is 0 Å². The smallest absolute Gasteiger partial charge is 0.417 e. The molecule has 8 heteroatoms. The molecule has 0 unspecified atom stereocenters. The van der Waals surface area contributed by atoms with Crippen molar-refractivity contribution in [3.8, 4) is 28.9 Å². The van der Waals surface area contributed by atoms with Crippen molar-refractivity contribution in [2.24, 2.45) is 0 Å². The van der Waals surface area contributed by atoms with Gasteiger partial charge in [0.2, 0.25) is 11.6 Å². The van der Waals surface area contributed by atoms with Crippen molar-refractivity contribution >= 4 is 17.0 Å². The van der Waals surface area contributed by atoms with Crippen molar-refractivity contribution in [1.82, 2.24) is 9.88 Å². The Morgan fingerprint density at radius 1 is 1.03 bits per heavy atom. The zero-order valence-corrected chi connectivity index (χ0v) is 17.9. The molecule has 0 atom stereocenters. The van der Waals surface area contributed by atoms with Crippen LogP contribution in [0.25, 0.3) is 10.9 Å². The van der Waals surface area contributed by atoms with Crippen molar-refractivity contribution in [2.75, 3.05) is 27.9 Å². The van der Waals surface area contributed by atoms with Gasteiger partial charge in [0.05, 0.1) is 40.0 Å². The van der Waals surface area contributed by atoms with Gasteiger partial charge < -0.3 is 23.7 Å². The highest BCUT2D eigenvalue weighted by atomic mass is 16.6. The van der Waals surface area contributed by atoms with Crippen LogP contribution in [0.15, 0.2) is 36.4 Å². The summed E-state index contributed by atoms with van der Waals surface area (Å²) in [6.45, 7) is 3.19. The van der Waals surface area contributed by atoms with E-state index in [0.717, 1.165) is 27.8 Å². The third-order valence-electron chi connectivity index (χ3n) is 5.04. The molecule has 0 saturated carbocycles. The molecular formula is C23H24N2O6. The molecule has 1 aliphatic rings. The molecule has 0 aliphatic carbocycles. The van der Waals surface area contributed by atoms with Gasteiger partial charge in [0.1, 0.15) is 5.75 Å². The number of pyridine rings is 1. The lowest BCUT2D eigenvalue weighted by Crippen LogP contribution is -2.36. The van der Waals surface area contributed by atoms with Gasteiger partial charge >= 0.3 is 6.09 Å². The fourth-order valence-electron chi connectivity index (χ4n) is 3.62. The van der Waals surface area contributed by atoms with E-state index in [1.165, 1.54) is 0 Å². The number of ether oxygens (including phenoxy) is 5. The molecule has 0 fully saturated rings. The number of benzene rings is 2. The molecule has 1 amide bonds. The number of aromatic nitrogens is 1. The Morgan fingerprint density at radius 2 is 1.77 bits per heavy atom. The maximum Gasteiger partial charge on any atom is 0.417 e. The molecule has 1 aliphatic heterocycles. The van der Waals surface area contributed by atoms with E-state index < -0.39 is 6.09 Å². The molecule has 4 rings (SSSR count). The lowest BCUT2D eigenvalue weighted by atomic mass is 10.1. The summed E-state index contributed by atoms with van der Waals surface area (Å²) in [7, 11) is 4.66. The quantitative estimate of drug-likeness (QED) is 0.563. The first-order chi connectivity index (χ1) is 15.1. The van der Waals surface area contributed by atoms with Crippen molar-refractivity contribution in [3.63, 3.8) is 0 Å². The van der Waals surface area contributed by atoms with Crippen LogP contribution in [-0.2, 0) is 13.1 Å². The minimum absolute atomic E-state index is 0.316. The maximum absolute atomic E-state index is 12.7. The van der Waals surface area contributed by atoms with Gasteiger partial charge in [-0.15, -0.1) is 0 Å². The van der Waals surface area contributed by atoms with Crippen LogP contribution in [0, 0.1) is 0 Å². The van der Waals surface area contributed by atoms with Crippen molar-refractivity contribution in [3.05, 3.63) is 47.5 Å². The number of amides is 1. The van der Waals surface area contributed by atoms with Crippen LogP contribution in [-0.4, -0.2) is 43.9 Å². The summed E-state index contributed by atoms with van der Waals surface area (Å²) in [5, 5.41) is 0.952. The van der Waals surface area contributed by atoms with Crippen LogP contribution in [0.4, 0.5) is 4.79 Å². The van der Waals surface area contributed by atoms with E-state index in [9.17, 15) is 4.79 Å². The van der Waals surface area contributed by atoms with Crippen LogP contribution in [0.1, 0.15) is 18.1 Å². The second kappa shape index (κ2) is 8.59. The van der Waals surface area contributed by atoms with E-state index in [1.807, 2.05) is 43.3 Å². The first-order valence-electron chi connectivity index (χ1n) is 9.88. The Bertz CT molecular complexity index is 1110. The predicted molar refractivity (Wildman–Crippen MR) is 114 cm³/mol. The molecule has 8 nitrogen and oxygen atoms in total. The molecule has 0 spiro atoms. The topological polar surface area (TPSA) is 79.4 Å². The number of hydrogen-bond acceptors (Lipinski definition) is 7. The molecule has 1 aromatic heterocycles. The highest BCUT2D eigenvalue weighted by molar-refractivity contribution is 5.83. The lowest BCUT2D eigenvalue weighted by molar-refractivity contribution is 0.133. The summed E-state index contributed by atoms with van der Waals surface area (Å²) in [5.41, 5.74) is 2.38. The molecule has 0 saturated heterocycles. The van der Waals surface area contributed by atoms with Crippen molar-refractivity contribution in [1.29, 1.82) is 0 Å². The highest BCUT2D eigenvalue weighted by Gasteiger charge is 2.27. The third-order valence-corrected chi connectivity index (χ3v) is 5.04. The number of fused-ring (bicyclic) bond motifs is 2. The second-order valence-electron chi connectivity index (χ2n) is 7.00. The molecule has 2 heterocycles. The predicted octanol–water partition coefficient (Wildman–Crippen LogP) is 4.17. The molecular weight excluding hydrogens is 400 g/mol. The minimum atomic E-state index is -0.464. The zero-order valence-electron chi connectivity index (χ0n) is 17.9. The molecule has 31 heavy (non-hydrogen) atoms. The number of nitrogens with zero attached hydrogens (tertiary/aromatic N) is 2. The highest BCUT2D eigenvalue weighted by Crippen LogP contribution is 2.39. The summed E-state index contributed by atoms with van der Waals surface area (Å²) in [4.78, 5) is 18.8. The van der Waals surface area contributed by atoms with E-state index in [-0.39, 0.29) is 0 Å². The fourth-order valence-corrected chi connectivity index (χ4v) is 3.62. The van der Waals surface area contributed by atoms with Gasteiger partial charge in [-0.2, -0.15) is 0 Å². The van der Waals surface area contributed by atoms with E-state index in [4.69, 9.17) is 23.7 Å². The molecule has 0 N–H and O–H groups in total. The Morgan fingerprint density at radius 3 is 2.42 bits per heavy atom. The number of methoxy groups -OCH3 is 3. The minimum Gasteiger partial charge on any atom is -0.494 e. The number of rotatable bonds is 7. The van der Waals surface area contributed by atoms with Gasteiger partial charge in [-0.25, -0.2) is 9.78 Å². The normalized spacial score (nSPS) is 12.9. The summed E-state index contributed by atoms with van der Waals surface area (Å²) in [6.07, 6.45) is -0.464. The van der Waals surface area contributed by atoms with Gasteiger partial charge in [-0.3, -0.25) is 4.90 Å². The van der Waals surface area contributed by atoms with E-state index in [0.29, 0.717) is 42.8 Å². The Balaban J connectivity index is 1.62. The summed E-state index contributed by atoms with van der Waals surface area (Å²) in [6, 6.07) is 11.3.